The summed E-state index contributed by atoms with van der Waals surface area (Å²) in [6.45, 7) is 12.1. The number of hydrogen-bond donors (Lipinski definition) is 1. The molecule has 1 saturated heterocycles. The van der Waals surface area contributed by atoms with E-state index in [-0.39, 0.29) is 28.6 Å². The van der Waals surface area contributed by atoms with E-state index in [0.717, 1.165) is 5.71 Å². The summed E-state index contributed by atoms with van der Waals surface area (Å²) in [7, 11) is 0. The van der Waals surface area contributed by atoms with E-state index in [1.807, 2.05) is 11.8 Å². The summed E-state index contributed by atoms with van der Waals surface area (Å²) < 4.78 is 0. The molecule has 0 radical (unpaired) electrons. The molecule has 2 rings (SSSR count). The minimum absolute atomic E-state index is 0.0959. The predicted octanol–water partition coefficient (Wildman–Crippen LogP) is 2.37. The van der Waals surface area contributed by atoms with Gasteiger partial charge in [0.25, 0.3) is 0 Å². The van der Waals surface area contributed by atoms with Gasteiger partial charge in [0.1, 0.15) is 0 Å². The number of nitrogens with zero attached hydrogens (tertiary/aromatic N) is 2. The van der Waals surface area contributed by atoms with E-state index < -0.39 is 0 Å². The first-order valence-electron chi connectivity index (χ1n) is 6.73. The first-order valence-corrected chi connectivity index (χ1v) is 6.73. The number of hydrogen-bond acceptors (Lipinski definition) is 3. The number of carbonyl (C=O) groups is 1. The Hall–Kier alpha value is -1.06. The molecule has 0 aromatic carbocycles. The lowest BCUT2D eigenvalue weighted by molar-refractivity contribution is -0.134. The van der Waals surface area contributed by atoms with Crippen molar-refractivity contribution in [2.24, 2.45) is 27.8 Å². The minimum Gasteiger partial charge on any atom is -0.411 e. The lowest BCUT2D eigenvalue weighted by Crippen LogP contribution is -2.44. The number of likely N-dealkylation sites (tertiary alicyclic amines) is 1. The Bertz CT molecular complexity index is 385. The fraction of sp³-hybridized carbons (Fsp3) is 0.857. The molecule has 1 unspecified atom stereocenters. The van der Waals surface area contributed by atoms with E-state index in [0.29, 0.717) is 19.5 Å². The Morgan fingerprint density at radius 3 is 2.28 bits per heavy atom. The van der Waals surface area contributed by atoms with E-state index in [1.165, 1.54) is 0 Å². The third-order valence-electron chi connectivity index (χ3n) is 5.41. The molecule has 4 heteroatoms. The van der Waals surface area contributed by atoms with E-state index in [1.54, 1.807) is 0 Å². The second kappa shape index (κ2) is 3.97. The molecule has 1 aliphatic carbocycles. The highest BCUT2D eigenvalue weighted by molar-refractivity contribution is 5.90. The third kappa shape index (κ3) is 1.73. The van der Waals surface area contributed by atoms with Crippen LogP contribution in [0.5, 0.6) is 0 Å². The molecule has 0 aromatic heterocycles. The molecular formula is C14H24N2O2. The summed E-state index contributed by atoms with van der Waals surface area (Å²) in [5.74, 6) is 0.566. The average Bonchev–Trinajstić information content (AvgIpc) is 2.68. The fourth-order valence-electron chi connectivity index (χ4n) is 3.37. The van der Waals surface area contributed by atoms with Gasteiger partial charge in [-0.1, -0.05) is 39.8 Å². The maximum absolute atomic E-state index is 12.6. The normalized spacial score (nSPS) is 32.6. The van der Waals surface area contributed by atoms with Gasteiger partial charge in [0.05, 0.1) is 5.71 Å². The zero-order valence-corrected chi connectivity index (χ0v) is 12.0. The zero-order chi connectivity index (χ0) is 13.7. The monoisotopic (exact) mass is 252 g/mol. The van der Waals surface area contributed by atoms with Crippen LogP contribution < -0.4 is 0 Å². The lowest BCUT2D eigenvalue weighted by atomic mass is 9.96. The van der Waals surface area contributed by atoms with Crippen LogP contribution in [0, 0.1) is 22.7 Å². The zero-order valence-electron chi connectivity index (χ0n) is 12.0. The van der Waals surface area contributed by atoms with Crippen LogP contribution in [0.3, 0.4) is 0 Å². The maximum Gasteiger partial charge on any atom is 0.226 e. The van der Waals surface area contributed by atoms with Crippen molar-refractivity contribution in [1.29, 1.82) is 0 Å². The summed E-state index contributed by atoms with van der Waals surface area (Å²) in [5.41, 5.74) is 1.01. The summed E-state index contributed by atoms with van der Waals surface area (Å²) in [6, 6.07) is 0. The van der Waals surface area contributed by atoms with Crippen molar-refractivity contribution in [1.82, 2.24) is 4.90 Å². The lowest BCUT2D eigenvalue weighted by Gasteiger charge is -2.32. The van der Waals surface area contributed by atoms with Crippen molar-refractivity contribution in [3.05, 3.63) is 0 Å². The second-order valence-electron chi connectivity index (χ2n) is 6.90. The molecule has 18 heavy (non-hydrogen) atoms. The Kier molecular flexibility index (Phi) is 2.95. The molecule has 2 fully saturated rings. The molecule has 1 atom stereocenters. The molecule has 1 amide bonds. The SMILES string of the molecule is CC1CN(C(=O)C2C(C)(C)C2(C)C)CCC1=NO. The van der Waals surface area contributed by atoms with Crippen LogP contribution in [-0.2, 0) is 4.79 Å². The van der Waals surface area contributed by atoms with Gasteiger partial charge in [-0.3, -0.25) is 4.79 Å². The smallest absolute Gasteiger partial charge is 0.226 e. The van der Waals surface area contributed by atoms with Crippen molar-refractivity contribution >= 4 is 11.6 Å². The number of amides is 1. The van der Waals surface area contributed by atoms with Gasteiger partial charge in [-0.2, -0.15) is 0 Å². The molecule has 1 aliphatic heterocycles. The van der Waals surface area contributed by atoms with E-state index in [9.17, 15) is 4.79 Å². The van der Waals surface area contributed by atoms with Gasteiger partial charge in [-0.05, 0) is 10.8 Å². The van der Waals surface area contributed by atoms with Gasteiger partial charge < -0.3 is 10.1 Å². The fourth-order valence-corrected chi connectivity index (χ4v) is 3.37. The van der Waals surface area contributed by atoms with Crippen LogP contribution in [0.2, 0.25) is 0 Å². The van der Waals surface area contributed by atoms with Gasteiger partial charge in [-0.25, -0.2) is 0 Å². The molecule has 4 nitrogen and oxygen atoms in total. The van der Waals surface area contributed by atoms with E-state index in [2.05, 4.69) is 32.9 Å². The van der Waals surface area contributed by atoms with Crippen LogP contribution in [0.4, 0.5) is 0 Å². The van der Waals surface area contributed by atoms with Crippen LogP contribution in [-0.4, -0.2) is 34.8 Å². The van der Waals surface area contributed by atoms with Crippen LogP contribution in [0.25, 0.3) is 0 Å². The van der Waals surface area contributed by atoms with Gasteiger partial charge in [-0.15, -0.1) is 0 Å². The summed E-state index contributed by atoms with van der Waals surface area (Å²) in [5, 5.41) is 12.2. The molecule has 0 spiro atoms. The van der Waals surface area contributed by atoms with Gasteiger partial charge in [0.2, 0.25) is 5.91 Å². The first kappa shape index (κ1) is 13.4. The number of oxime groups is 1. The molecule has 2 aliphatic rings. The topological polar surface area (TPSA) is 52.9 Å². The van der Waals surface area contributed by atoms with Crippen LogP contribution >= 0.6 is 0 Å². The van der Waals surface area contributed by atoms with Crippen molar-refractivity contribution in [3.63, 3.8) is 0 Å². The number of piperidine rings is 1. The van der Waals surface area contributed by atoms with E-state index >= 15 is 0 Å². The maximum atomic E-state index is 12.6. The largest absolute Gasteiger partial charge is 0.411 e. The number of rotatable bonds is 1. The Morgan fingerprint density at radius 2 is 1.89 bits per heavy atom. The van der Waals surface area contributed by atoms with Crippen LogP contribution in [0.15, 0.2) is 5.16 Å². The first-order chi connectivity index (χ1) is 8.23. The van der Waals surface area contributed by atoms with E-state index in [4.69, 9.17) is 5.21 Å². The highest BCUT2D eigenvalue weighted by Gasteiger charge is 2.68. The molecule has 102 valence electrons. The Balaban J connectivity index is 2.05. The molecular weight excluding hydrogens is 228 g/mol. The summed E-state index contributed by atoms with van der Waals surface area (Å²) in [4.78, 5) is 14.5. The molecule has 1 heterocycles. The quantitative estimate of drug-likeness (QED) is 0.575. The highest BCUT2D eigenvalue weighted by Crippen LogP contribution is 2.68. The van der Waals surface area contributed by atoms with Crippen molar-refractivity contribution in [2.45, 2.75) is 41.0 Å². The minimum atomic E-state index is 0.0959. The standard InChI is InChI=1S/C14H24N2O2/c1-9-8-16(7-6-10(9)15-18)12(17)11-13(2,3)14(11,4)5/h9,11,18H,6-8H2,1-5H3. The summed E-state index contributed by atoms with van der Waals surface area (Å²) in [6.07, 6.45) is 0.691. The number of carbonyl (C=O) groups excluding carboxylic acids is 1. The third-order valence-corrected chi connectivity index (χ3v) is 5.41. The molecule has 0 aromatic rings. The summed E-state index contributed by atoms with van der Waals surface area (Å²) >= 11 is 0. The van der Waals surface area contributed by atoms with Gasteiger partial charge >= 0.3 is 0 Å². The molecule has 1 N–H and O–H groups in total. The van der Waals surface area contributed by atoms with Gasteiger partial charge in [0, 0.05) is 31.3 Å². The Morgan fingerprint density at radius 1 is 1.33 bits per heavy atom. The second-order valence-corrected chi connectivity index (χ2v) is 6.90. The van der Waals surface area contributed by atoms with Crippen molar-refractivity contribution < 1.29 is 10.0 Å². The average molecular weight is 252 g/mol. The van der Waals surface area contributed by atoms with Crippen LogP contribution in [0.1, 0.15) is 41.0 Å². The van der Waals surface area contributed by atoms with Crippen molar-refractivity contribution in [2.75, 3.05) is 13.1 Å². The van der Waals surface area contributed by atoms with Crippen molar-refractivity contribution in [3.8, 4) is 0 Å². The molecule has 1 saturated carbocycles. The van der Waals surface area contributed by atoms with Gasteiger partial charge in [0.15, 0.2) is 0 Å². The molecule has 0 bridgehead atoms. The predicted molar refractivity (Wildman–Crippen MR) is 70.6 cm³/mol. The highest BCUT2D eigenvalue weighted by atomic mass is 16.4. The Labute approximate surface area is 109 Å².